The molecule has 0 N–H and O–H groups in total. The summed E-state index contributed by atoms with van der Waals surface area (Å²) >= 11 is 0. The standard InChI is InChI=1S/C7H5FO/c8-6-2-1-5-4-9-7(5)3-6/h1-3H,4H2. The highest BCUT2D eigenvalue weighted by Gasteiger charge is 2.13. The molecule has 1 aromatic rings. The SMILES string of the molecule is Fc1ccc2c(c1)OC2. The van der Waals surface area contributed by atoms with Crippen molar-refractivity contribution in [1.29, 1.82) is 0 Å². The number of fused-ring (bicyclic) bond motifs is 1. The molecule has 0 fully saturated rings. The Balaban J connectivity index is 2.57. The van der Waals surface area contributed by atoms with Crippen molar-refractivity contribution in [2.45, 2.75) is 6.61 Å². The van der Waals surface area contributed by atoms with Gasteiger partial charge in [0.05, 0.1) is 0 Å². The third kappa shape index (κ3) is 0.593. The molecule has 1 aliphatic heterocycles. The van der Waals surface area contributed by atoms with Crippen LogP contribution in [0.5, 0.6) is 5.75 Å². The van der Waals surface area contributed by atoms with Crippen LogP contribution >= 0.6 is 0 Å². The van der Waals surface area contributed by atoms with Crippen molar-refractivity contribution in [2.24, 2.45) is 0 Å². The number of ether oxygens (including phenoxy) is 1. The molecule has 0 spiro atoms. The first-order valence-corrected chi connectivity index (χ1v) is 2.77. The summed E-state index contributed by atoms with van der Waals surface area (Å²) in [6.45, 7) is 0.635. The average Bonchev–Trinajstić information content (AvgIpc) is 1.78. The van der Waals surface area contributed by atoms with E-state index in [4.69, 9.17) is 4.74 Å². The summed E-state index contributed by atoms with van der Waals surface area (Å²) < 4.78 is 17.2. The molecule has 0 bridgehead atoms. The minimum absolute atomic E-state index is 0.228. The van der Waals surface area contributed by atoms with Crippen LogP contribution in [0.3, 0.4) is 0 Å². The molecule has 1 heterocycles. The molecule has 0 unspecified atom stereocenters. The van der Waals surface area contributed by atoms with Crippen molar-refractivity contribution in [3.63, 3.8) is 0 Å². The van der Waals surface area contributed by atoms with Gasteiger partial charge in [0.15, 0.2) is 0 Å². The molecule has 0 amide bonds. The molecule has 0 atom stereocenters. The molecular weight excluding hydrogens is 119 g/mol. The summed E-state index contributed by atoms with van der Waals surface area (Å²) in [4.78, 5) is 0. The first kappa shape index (κ1) is 4.79. The van der Waals surface area contributed by atoms with Crippen molar-refractivity contribution in [3.05, 3.63) is 29.6 Å². The highest BCUT2D eigenvalue weighted by atomic mass is 19.1. The Morgan fingerprint density at radius 1 is 1.44 bits per heavy atom. The maximum Gasteiger partial charge on any atom is 0.129 e. The highest BCUT2D eigenvalue weighted by molar-refractivity contribution is 5.38. The van der Waals surface area contributed by atoms with E-state index in [-0.39, 0.29) is 5.82 Å². The van der Waals surface area contributed by atoms with E-state index >= 15 is 0 Å². The molecule has 9 heavy (non-hydrogen) atoms. The quantitative estimate of drug-likeness (QED) is 0.511. The first-order chi connectivity index (χ1) is 4.36. The lowest BCUT2D eigenvalue weighted by atomic mass is 10.1. The maximum absolute atomic E-state index is 12.3. The molecule has 0 saturated heterocycles. The third-order valence-electron chi connectivity index (χ3n) is 1.41. The van der Waals surface area contributed by atoms with Crippen LogP contribution in [-0.2, 0) is 6.61 Å². The smallest absolute Gasteiger partial charge is 0.129 e. The Kier molecular flexibility index (Phi) is 0.781. The molecule has 1 aliphatic rings. The zero-order chi connectivity index (χ0) is 6.27. The summed E-state index contributed by atoms with van der Waals surface area (Å²) in [7, 11) is 0. The fraction of sp³-hybridized carbons (Fsp3) is 0.143. The molecule has 0 radical (unpaired) electrons. The van der Waals surface area contributed by atoms with Crippen LogP contribution in [0.1, 0.15) is 5.56 Å². The molecule has 0 aliphatic carbocycles. The van der Waals surface area contributed by atoms with E-state index in [2.05, 4.69) is 0 Å². The summed E-state index contributed by atoms with van der Waals surface area (Å²) in [5.74, 6) is 0.462. The number of rotatable bonds is 0. The van der Waals surface area contributed by atoms with Crippen molar-refractivity contribution in [1.82, 2.24) is 0 Å². The molecule has 0 aromatic heterocycles. The zero-order valence-corrected chi connectivity index (χ0v) is 4.73. The van der Waals surface area contributed by atoms with Gasteiger partial charge in [-0.2, -0.15) is 0 Å². The minimum atomic E-state index is -0.228. The minimum Gasteiger partial charge on any atom is -0.488 e. The van der Waals surface area contributed by atoms with E-state index in [1.165, 1.54) is 12.1 Å². The summed E-state index contributed by atoms with van der Waals surface area (Å²) in [6, 6.07) is 4.59. The second-order valence-corrected chi connectivity index (χ2v) is 2.04. The molecule has 2 rings (SSSR count). The largest absolute Gasteiger partial charge is 0.488 e. The molecule has 2 heteroatoms. The summed E-state index contributed by atoms with van der Waals surface area (Å²) in [5.41, 5.74) is 1.09. The topological polar surface area (TPSA) is 9.23 Å². The third-order valence-corrected chi connectivity index (χ3v) is 1.41. The van der Waals surface area contributed by atoms with Crippen molar-refractivity contribution in [2.75, 3.05) is 0 Å². The predicted molar refractivity (Wildman–Crippen MR) is 30.7 cm³/mol. The van der Waals surface area contributed by atoms with E-state index < -0.39 is 0 Å². The van der Waals surface area contributed by atoms with E-state index in [9.17, 15) is 4.39 Å². The van der Waals surface area contributed by atoms with Crippen LogP contribution in [0.4, 0.5) is 4.39 Å². The van der Waals surface area contributed by atoms with Crippen LogP contribution in [0.15, 0.2) is 18.2 Å². The lowest BCUT2D eigenvalue weighted by Crippen LogP contribution is -2.08. The number of hydrogen-bond donors (Lipinski definition) is 0. The second-order valence-electron chi connectivity index (χ2n) is 2.04. The van der Waals surface area contributed by atoms with Gasteiger partial charge in [0.2, 0.25) is 0 Å². The Bertz CT molecular complexity index is 245. The second kappa shape index (κ2) is 1.47. The summed E-state index contributed by atoms with van der Waals surface area (Å²) in [6.07, 6.45) is 0. The molecular formula is C7H5FO. The Morgan fingerprint density at radius 3 is 2.78 bits per heavy atom. The van der Waals surface area contributed by atoms with Crippen LogP contribution in [0.25, 0.3) is 0 Å². The van der Waals surface area contributed by atoms with Crippen molar-refractivity contribution in [3.8, 4) is 5.75 Å². The predicted octanol–water partition coefficient (Wildman–Crippen LogP) is 1.72. The van der Waals surface area contributed by atoms with Gasteiger partial charge in [-0.05, 0) is 12.1 Å². The molecule has 1 aromatic carbocycles. The normalized spacial score (nSPS) is 13.4. The lowest BCUT2D eigenvalue weighted by Gasteiger charge is -2.19. The van der Waals surface area contributed by atoms with Gasteiger partial charge in [-0.3, -0.25) is 0 Å². The average molecular weight is 124 g/mol. The zero-order valence-electron chi connectivity index (χ0n) is 4.73. The number of hydrogen-bond acceptors (Lipinski definition) is 1. The van der Waals surface area contributed by atoms with Gasteiger partial charge < -0.3 is 4.74 Å². The van der Waals surface area contributed by atoms with Gasteiger partial charge in [0, 0.05) is 11.6 Å². The molecule has 1 nitrogen and oxygen atoms in total. The Hall–Kier alpha value is -1.05. The molecule has 0 saturated carbocycles. The van der Waals surface area contributed by atoms with E-state index in [0.717, 1.165) is 5.56 Å². The molecule has 46 valence electrons. The Labute approximate surface area is 52.1 Å². The lowest BCUT2D eigenvalue weighted by molar-refractivity contribution is 0.241. The summed E-state index contributed by atoms with van der Waals surface area (Å²) in [5, 5.41) is 0. The van der Waals surface area contributed by atoms with Crippen LogP contribution in [-0.4, -0.2) is 0 Å². The monoisotopic (exact) mass is 124 g/mol. The fourth-order valence-corrected chi connectivity index (χ4v) is 0.857. The van der Waals surface area contributed by atoms with Gasteiger partial charge in [0.1, 0.15) is 18.2 Å². The van der Waals surface area contributed by atoms with E-state index in [1.807, 2.05) is 0 Å². The number of benzene rings is 1. The van der Waals surface area contributed by atoms with Crippen molar-refractivity contribution >= 4 is 0 Å². The van der Waals surface area contributed by atoms with Gasteiger partial charge >= 0.3 is 0 Å². The van der Waals surface area contributed by atoms with Gasteiger partial charge in [0.25, 0.3) is 0 Å². The van der Waals surface area contributed by atoms with Crippen LogP contribution in [0.2, 0.25) is 0 Å². The van der Waals surface area contributed by atoms with Crippen LogP contribution in [0, 0.1) is 5.82 Å². The first-order valence-electron chi connectivity index (χ1n) is 2.77. The van der Waals surface area contributed by atoms with Crippen LogP contribution < -0.4 is 4.74 Å². The fourth-order valence-electron chi connectivity index (χ4n) is 0.857. The van der Waals surface area contributed by atoms with Gasteiger partial charge in [-0.1, -0.05) is 0 Å². The number of halogens is 1. The van der Waals surface area contributed by atoms with Gasteiger partial charge in [-0.15, -0.1) is 0 Å². The van der Waals surface area contributed by atoms with Gasteiger partial charge in [-0.25, -0.2) is 4.39 Å². The Morgan fingerprint density at radius 2 is 2.33 bits per heavy atom. The maximum atomic E-state index is 12.3. The van der Waals surface area contributed by atoms with E-state index in [0.29, 0.717) is 12.4 Å². The van der Waals surface area contributed by atoms with Crippen molar-refractivity contribution < 1.29 is 9.13 Å². The van der Waals surface area contributed by atoms with E-state index in [1.54, 1.807) is 6.07 Å². The highest BCUT2D eigenvalue weighted by Crippen LogP contribution is 2.28.